The van der Waals surface area contributed by atoms with E-state index in [1.165, 1.54) is 12.8 Å². The number of terminal acetylenes is 1. The normalized spacial score (nSPS) is 25.4. The Labute approximate surface area is 130 Å². The number of ether oxygens (including phenoxy) is 1. The van der Waals surface area contributed by atoms with E-state index in [0.29, 0.717) is 12.6 Å². The lowest BCUT2D eigenvalue weighted by Crippen LogP contribution is -2.32. The second-order valence-electron chi connectivity index (χ2n) is 5.65. The molecule has 20 heavy (non-hydrogen) atoms. The van der Waals surface area contributed by atoms with Crippen LogP contribution >= 0.6 is 15.9 Å². The van der Waals surface area contributed by atoms with Crippen molar-refractivity contribution in [1.29, 1.82) is 0 Å². The molecule has 1 aromatic carbocycles. The van der Waals surface area contributed by atoms with Crippen LogP contribution in [-0.4, -0.2) is 12.6 Å². The van der Waals surface area contributed by atoms with Gasteiger partial charge in [-0.25, -0.2) is 0 Å². The molecule has 0 saturated heterocycles. The summed E-state index contributed by atoms with van der Waals surface area (Å²) in [5.74, 6) is 4.93. The average molecular weight is 336 g/mol. The lowest BCUT2D eigenvalue weighted by molar-refractivity contribution is 0.351. The summed E-state index contributed by atoms with van der Waals surface area (Å²) in [5.41, 5.74) is 1.15. The quantitative estimate of drug-likeness (QED) is 0.821. The Balaban J connectivity index is 2.01. The van der Waals surface area contributed by atoms with E-state index in [2.05, 4.69) is 47.1 Å². The summed E-state index contributed by atoms with van der Waals surface area (Å²) in [5, 5.41) is 3.67. The van der Waals surface area contributed by atoms with E-state index in [1.807, 2.05) is 12.1 Å². The van der Waals surface area contributed by atoms with E-state index in [1.54, 1.807) is 0 Å². The van der Waals surface area contributed by atoms with Crippen molar-refractivity contribution < 1.29 is 4.74 Å². The largest absolute Gasteiger partial charge is 0.481 e. The van der Waals surface area contributed by atoms with Gasteiger partial charge in [0.05, 0.1) is 0 Å². The summed E-state index contributed by atoms with van der Waals surface area (Å²) in [6.45, 7) is 5.81. The summed E-state index contributed by atoms with van der Waals surface area (Å²) in [4.78, 5) is 0. The van der Waals surface area contributed by atoms with E-state index >= 15 is 0 Å². The third-order valence-corrected chi connectivity index (χ3v) is 4.85. The first-order valence-electron chi connectivity index (χ1n) is 7.20. The second kappa shape index (κ2) is 7.15. The van der Waals surface area contributed by atoms with Crippen molar-refractivity contribution in [3.05, 3.63) is 28.2 Å². The van der Waals surface area contributed by atoms with Crippen molar-refractivity contribution in [2.45, 2.75) is 39.3 Å². The summed E-state index contributed by atoms with van der Waals surface area (Å²) in [6.07, 6.45) is 7.84. The van der Waals surface area contributed by atoms with Gasteiger partial charge < -0.3 is 10.1 Å². The molecule has 1 aliphatic carbocycles. The molecule has 0 spiro atoms. The maximum Gasteiger partial charge on any atom is 0.148 e. The van der Waals surface area contributed by atoms with E-state index in [9.17, 15) is 0 Å². The number of benzene rings is 1. The first kappa shape index (κ1) is 15.4. The van der Waals surface area contributed by atoms with Crippen LogP contribution in [0.2, 0.25) is 0 Å². The van der Waals surface area contributed by atoms with Crippen molar-refractivity contribution in [3.63, 3.8) is 0 Å². The monoisotopic (exact) mass is 335 g/mol. The Bertz CT molecular complexity index is 494. The van der Waals surface area contributed by atoms with E-state index in [0.717, 1.165) is 34.2 Å². The van der Waals surface area contributed by atoms with Crippen LogP contribution in [0.25, 0.3) is 0 Å². The van der Waals surface area contributed by atoms with E-state index < -0.39 is 0 Å². The number of rotatable bonds is 5. The van der Waals surface area contributed by atoms with Crippen molar-refractivity contribution in [1.82, 2.24) is 5.32 Å². The van der Waals surface area contributed by atoms with Crippen LogP contribution in [0.5, 0.6) is 5.75 Å². The molecule has 3 atom stereocenters. The molecule has 0 amide bonds. The van der Waals surface area contributed by atoms with Gasteiger partial charge in [0.2, 0.25) is 0 Å². The van der Waals surface area contributed by atoms with Crippen molar-refractivity contribution >= 4 is 15.9 Å². The highest BCUT2D eigenvalue weighted by Crippen LogP contribution is 2.32. The van der Waals surface area contributed by atoms with Crippen molar-refractivity contribution in [3.8, 4) is 18.1 Å². The molecule has 0 heterocycles. The van der Waals surface area contributed by atoms with Crippen LogP contribution in [0.15, 0.2) is 22.7 Å². The van der Waals surface area contributed by atoms with Gasteiger partial charge in [-0.3, -0.25) is 0 Å². The van der Waals surface area contributed by atoms with Gasteiger partial charge in [0.15, 0.2) is 0 Å². The van der Waals surface area contributed by atoms with Crippen molar-refractivity contribution in [2.75, 3.05) is 6.61 Å². The lowest BCUT2D eigenvalue weighted by atomic mass is 9.97. The summed E-state index contributed by atoms with van der Waals surface area (Å²) in [6, 6.07) is 6.65. The smallest absolute Gasteiger partial charge is 0.148 e. The SMILES string of the molecule is C#CCOc1ccc(Br)cc1CNC1CCC(C)C1C. The van der Waals surface area contributed by atoms with Gasteiger partial charge >= 0.3 is 0 Å². The Morgan fingerprint density at radius 2 is 2.20 bits per heavy atom. The predicted molar refractivity (Wildman–Crippen MR) is 86.7 cm³/mol. The van der Waals surface area contributed by atoms with Crippen LogP contribution in [0.3, 0.4) is 0 Å². The minimum absolute atomic E-state index is 0.311. The van der Waals surface area contributed by atoms with Gasteiger partial charge in [-0.15, -0.1) is 6.42 Å². The van der Waals surface area contributed by atoms with Gasteiger partial charge in [0, 0.05) is 22.6 Å². The summed E-state index contributed by atoms with van der Waals surface area (Å²) < 4.78 is 6.67. The maximum absolute atomic E-state index is 5.61. The molecule has 0 aromatic heterocycles. The third kappa shape index (κ3) is 3.77. The van der Waals surface area contributed by atoms with Crippen LogP contribution in [0.1, 0.15) is 32.3 Å². The van der Waals surface area contributed by atoms with Crippen LogP contribution < -0.4 is 10.1 Å². The Kier molecular flexibility index (Phi) is 5.51. The summed E-state index contributed by atoms with van der Waals surface area (Å²) in [7, 11) is 0. The van der Waals surface area contributed by atoms with Crippen molar-refractivity contribution in [2.24, 2.45) is 11.8 Å². The Morgan fingerprint density at radius 1 is 1.40 bits per heavy atom. The highest BCUT2D eigenvalue weighted by Gasteiger charge is 2.29. The molecule has 108 valence electrons. The Hall–Kier alpha value is -0.980. The van der Waals surface area contributed by atoms with Crippen LogP contribution in [0.4, 0.5) is 0 Å². The van der Waals surface area contributed by atoms with Gasteiger partial charge in [0.1, 0.15) is 12.4 Å². The fourth-order valence-corrected chi connectivity index (χ4v) is 3.25. The standard InChI is InChI=1S/C17H22BrNO/c1-4-9-20-17-8-6-15(18)10-14(17)11-19-16-7-5-12(2)13(16)3/h1,6,8,10,12-13,16,19H,5,7,9,11H2,2-3H3. The first-order chi connectivity index (χ1) is 9.61. The molecule has 3 unspecified atom stereocenters. The highest BCUT2D eigenvalue weighted by atomic mass is 79.9. The molecule has 3 heteroatoms. The molecule has 1 fully saturated rings. The molecular weight excluding hydrogens is 314 g/mol. The van der Waals surface area contributed by atoms with Gasteiger partial charge in [0.25, 0.3) is 0 Å². The molecule has 0 radical (unpaired) electrons. The second-order valence-corrected chi connectivity index (χ2v) is 6.56. The maximum atomic E-state index is 5.61. The van der Waals surface area contributed by atoms with Gasteiger partial charge in [-0.2, -0.15) is 0 Å². The highest BCUT2D eigenvalue weighted by molar-refractivity contribution is 9.10. The number of hydrogen-bond acceptors (Lipinski definition) is 2. The topological polar surface area (TPSA) is 21.3 Å². The molecule has 1 saturated carbocycles. The van der Waals surface area contributed by atoms with Crippen LogP contribution in [-0.2, 0) is 6.54 Å². The van der Waals surface area contributed by atoms with E-state index in [-0.39, 0.29) is 0 Å². The minimum atomic E-state index is 0.311. The molecule has 1 aliphatic rings. The third-order valence-electron chi connectivity index (χ3n) is 4.35. The molecule has 2 rings (SSSR count). The lowest BCUT2D eigenvalue weighted by Gasteiger charge is -2.20. The zero-order valence-electron chi connectivity index (χ0n) is 12.2. The molecule has 0 bridgehead atoms. The average Bonchev–Trinajstić information content (AvgIpc) is 2.75. The number of hydrogen-bond donors (Lipinski definition) is 1. The zero-order valence-corrected chi connectivity index (χ0v) is 13.7. The minimum Gasteiger partial charge on any atom is -0.481 e. The molecule has 1 N–H and O–H groups in total. The van der Waals surface area contributed by atoms with Gasteiger partial charge in [-0.1, -0.05) is 35.7 Å². The number of halogens is 1. The predicted octanol–water partition coefficient (Wildman–Crippen LogP) is 3.99. The molecule has 2 nitrogen and oxygen atoms in total. The fraction of sp³-hybridized carbons (Fsp3) is 0.529. The molecular formula is C17H22BrNO. The number of nitrogens with one attached hydrogen (secondary N) is 1. The first-order valence-corrected chi connectivity index (χ1v) is 7.99. The fourth-order valence-electron chi connectivity index (χ4n) is 2.84. The summed E-state index contributed by atoms with van der Waals surface area (Å²) >= 11 is 3.52. The Morgan fingerprint density at radius 3 is 2.85 bits per heavy atom. The molecule has 0 aliphatic heterocycles. The van der Waals surface area contributed by atoms with Gasteiger partial charge in [-0.05, 0) is 42.9 Å². The van der Waals surface area contributed by atoms with Crippen LogP contribution in [0, 0.1) is 24.2 Å². The molecule has 1 aromatic rings. The zero-order chi connectivity index (χ0) is 14.5. The van der Waals surface area contributed by atoms with E-state index in [4.69, 9.17) is 11.2 Å².